The fraction of sp³-hybridized carbons (Fsp3) is 0.143. The van der Waals surface area contributed by atoms with Crippen LogP contribution in [0.15, 0.2) is 42.7 Å². The number of halogens is 1. The first-order valence-electron chi connectivity index (χ1n) is 5.35. The number of pyridine rings is 1. The van der Waals surface area contributed by atoms with Crippen molar-refractivity contribution in [3.05, 3.63) is 64.4 Å². The van der Waals surface area contributed by atoms with E-state index in [0.29, 0.717) is 17.0 Å². The van der Waals surface area contributed by atoms with Gasteiger partial charge in [0.25, 0.3) is 0 Å². The highest BCUT2D eigenvalue weighted by Gasteiger charge is 2.10. The molecule has 0 atom stereocenters. The Labute approximate surface area is 105 Å². The lowest BCUT2D eigenvalue weighted by atomic mass is 10.00. The molecule has 86 valence electrons. The van der Waals surface area contributed by atoms with E-state index in [1.54, 1.807) is 24.5 Å². The van der Waals surface area contributed by atoms with Crippen LogP contribution in [0.1, 0.15) is 21.5 Å². The van der Waals surface area contributed by atoms with Gasteiger partial charge in [0.2, 0.25) is 0 Å². The lowest BCUT2D eigenvalue weighted by molar-refractivity contribution is 0.0992. The van der Waals surface area contributed by atoms with Gasteiger partial charge in [-0.25, -0.2) is 0 Å². The Kier molecular flexibility index (Phi) is 3.55. The summed E-state index contributed by atoms with van der Waals surface area (Å²) in [5.74, 6) is 0.0798. The van der Waals surface area contributed by atoms with Crippen molar-refractivity contribution in [2.75, 3.05) is 0 Å². The summed E-state index contributed by atoms with van der Waals surface area (Å²) in [6.45, 7) is 1.91. The Morgan fingerprint density at radius 3 is 2.65 bits per heavy atom. The average Bonchev–Trinajstić information content (AvgIpc) is 2.33. The van der Waals surface area contributed by atoms with Crippen molar-refractivity contribution in [2.45, 2.75) is 13.3 Å². The van der Waals surface area contributed by atoms with E-state index in [1.807, 2.05) is 25.1 Å². The van der Waals surface area contributed by atoms with Crippen LogP contribution >= 0.6 is 11.6 Å². The van der Waals surface area contributed by atoms with Crippen LogP contribution in [0.2, 0.25) is 5.02 Å². The number of carbonyl (C=O) groups is 1. The Morgan fingerprint density at radius 1 is 1.24 bits per heavy atom. The van der Waals surface area contributed by atoms with Crippen LogP contribution in [0.3, 0.4) is 0 Å². The van der Waals surface area contributed by atoms with Gasteiger partial charge in [-0.2, -0.15) is 0 Å². The Balaban J connectivity index is 2.23. The molecule has 0 spiro atoms. The SMILES string of the molecule is Cc1ccc(Cl)cc1C(=O)Cc1ccncc1. The maximum Gasteiger partial charge on any atom is 0.167 e. The highest BCUT2D eigenvalue weighted by Crippen LogP contribution is 2.17. The van der Waals surface area contributed by atoms with Crippen molar-refractivity contribution in [3.63, 3.8) is 0 Å². The molecule has 0 bridgehead atoms. The number of aryl methyl sites for hydroxylation is 1. The summed E-state index contributed by atoms with van der Waals surface area (Å²) in [7, 11) is 0. The number of aromatic nitrogens is 1. The zero-order chi connectivity index (χ0) is 12.3. The van der Waals surface area contributed by atoms with Crippen molar-refractivity contribution < 1.29 is 4.79 Å². The van der Waals surface area contributed by atoms with E-state index in [1.165, 1.54) is 0 Å². The molecule has 0 N–H and O–H groups in total. The van der Waals surface area contributed by atoms with Crippen LogP contribution in [0.5, 0.6) is 0 Å². The van der Waals surface area contributed by atoms with Crippen molar-refractivity contribution in [1.29, 1.82) is 0 Å². The molecular weight excluding hydrogens is 234 g/mol. The monoisotopic (exact) mass is 245 g/mol. The first kappa shape index (κ1) is 11.8. The van der Waals surface area contributed by atoms with E-state index in [4.69, 9.17) is 11.6 Å². The second-order valence-corrected chi connectivity index (χ2v) is 4.35. The molecule has 0 aliphatic carbocycles. The molecule has 0 radical (unpaired) electrons. The molecule has 0 aliphatic rings. The first-order valence-corrected chi connectivity index (χ1v) is 5.73. The molecule has 0 saturated carbocycles. The van der Waals surface area contributed by atoms with Gasteiger partial charge in [0, 0.05) is 29.4 Å². The number of carbonyl (C=O) groups excluding carboxylic acids is 1. The number of benzene rings is 1. The van der Waals surface area contributed by atoms with E-state index in [2.05, 4.69) is 4.98 Å². The molecule has 0 amide bonds. The van der Waals surface area contributed by atoms with E-state index in [0.717, 1.165) is 11.1 Å². The number of ketones is 1. The van der Waals surface area contributed by atoms with Crippen LogP contribution in [0.4, 0.5) is 0 Å². The molecule has 1 aromatic heterocycles. The number of Topliss-reactive ketones (excluding diaryl/α,β-unsaturated/α-hetero) is 1. The molecule has 0 aliphatic heterocycles. The number of nitrogens with zero attached hydrogens (tertiary/aromatic N) is 1. The topological polar surface area (TPSA) is 30.0 Å². The quantitative estimate of drug-likeness (QED) is 0.775. The predicted molar refractivity (Wildman–Crippen MR) is 68.5 cm³/mol. The van der Waals surface area contributed by atoms with Gasteiger partial charge in [-0.05, 0) is 42.3 Å². The summed E-state index contributed by atoms with van der Waals surface area (Å²) in [6, 6.07) is 9.07. The van der Waals surface area contributed by atoms with Gasteiger partial charge in [-0.15, -0.1) is 0 Å². The molecule has 0 saturated heterocycles. The fourth-order valence-electron chi connectivity index (χ4n) is 1.68. The molecule has 1 aromatic carbocycles. The molecule has 1 heterocycles. The fourth-order valence-corrected chi connectivity index (χ4v) is 1.85. The van der Waals surface area contributed by atoms with E-state index in [-0.39, 0.29) is 5.78 Å². The first-order chi connectivity index (χ1) is 8.16. The highest BCUT2D eigenvalue weighted by atomic mass is 35.5. The second-order valence-electron chi connectivity index (χ2n) is 3.91. The smallest absolute Gasteiger partial charge is 0.167 e. The van der Waals surface area contributed by atoms with Gasteiger partial charge in [0.15, 0.2) is 5.78 Å². The van der Waals surface area contributed by atoms with Gasteiger partial charge in [-0.3, -0.25) is 9.78 Å². The average molecular weight is 246 g/mol. The maximum atomic E-state index is 12.1. The van der Waals surface area contributed by atoms with Crippen LogP contribution in [-0.2, 0) is 6.42 Å². The molecule has 3 heteroatoms. The Bertz CT molecular complexity index is 537. The third-order valence-electron chi connectivity index (χ3n) is 2.61. The molecule has 2 aromatic rings. The van der Waals surface area contributed by atoms with Crippen LogP contribution < -0.4 is 0 Å². The standard InChI is InChI=1S/C14H12ClNO/c1-10-2-3-12(15)9-13(10)14(17)8-11-4-6-16-7-5-11/h2-7,9H,8H2,1H3. The van der Waals surface area contributed by atoms with Crippen LogP contribution in [0, 0.1) is 6.92 Å². The summed E-state index contributed by atoms with van der Waals surface area (Å²) in [4.78, 5) is 16.0. The van der Waals surface area contributed by atoms with E-state index in [9.17, 15) is 4.79 Å². The van der Waals surface area contributed by atoms with Gasteiger partial charge in [0.05, 0.1) is 0 Å². The summed E-state index contributed by atoms with van der Waals surface area (Å²) in [5.41, 5.74) is 2.60. The zero-order valence-corrected chi connectivity index (χ0v) is 10.2. The molecule has 0 fully saturated rings. The van der Waals surface area contributed by atoms with Crippen molar-refractivity contribution in [3.8, 4) is 0 Å². The minimum atomic E-state index is 0.0798. The lowest BCUT2D eigenvalue weighted by Crippen LogP contribution is -2.05. The van der Waals surface area contributed by atoms with Crippen molar-refractivity contribution in [2.24, 2.45) is 0 Å². The maximum absolute atomic E-state index is 12.1. The minimum Gasteiger partial charge on any atom is -0.294 e. The zero-order valence-electron chi connectivity index (χ0n) is 9.48. The minimum absolute atomic E-state index is 0.0798. The second kappa shape index (κ2) is 5.11. The van der Waals surface area contributed by atoms with Gasteiger partial charge >= 0.3 is 0 Å². The van der Waals surface area contributed by atoms with E-state index < -0.39 is 0 Å². The third kappa shape index (κ3) is 2.92. The summed E-state index contributed by atoms with van der Waals surface area (Å²) >= 11 is 5.90. The summed E-state index contributed by atoms with van der Waals surface area (Å²) in [5, 5.41) is 0.591. The number of hydrogen-bond donors (Lipinski definition) is 0. The number of hydrogen-bond acceptors (Lipinski definition) is 2. The normalized spacial score (nSPS) is 10.2. The summed E-state index contributed by atoms with van der Waals surface area (Å²) < 4.78 is 0. The predicted octanol–water partition coefficient (Wildman–Crippen LogP) is 3.47. The molecule has 2 nitrogen and oxygen atoms in total. The van der Waals surface area contributed by atoms with Crippen LogP contribution in [0.25, 0.3) is 0 Å². The van der Waals surface area contributed by atoms with Gasteiger partial charge < -0.3 is 0 Å². The van der Waals surface area contributed by atoms with Crippen LogP contribution in [-0.4, -0.2) is 10.8 Å². The molecule has 2 rings (SSSR count). The van der Waals surface area contributed by atoms with Gasteiger partial charge in [0.1, 0.15) is 0 Å². The highest BCUT2D eigenvalue weighted by molar-refractivity contribution is 6.31. The van der Waals surface area contributed by atoms with E-state index >= 15 is 0 Å². The summed E-state index contributed by atoms with van der Waals surface area (Å²) in [6.07, 6.45) is 3.75. The lowest BCUT2D eigenvalue weighted by Gasteiger charge is -2.05. The molecular formula is C14H12ClNO. The molecule has 17 heavy (non-hydrogen) atoms. The van der Waals surface area contributed by atoms with Crippen molar-refractivity contribution in [1.82, 2.24) is 4.98 Å². The van der Waals surface area contributed by atoms with Crippen molar-refractivity contribution >= 4 is 17.4 Å². The number of rotatable bonds is 3. The van der Waals surface area contributed by atoms with Gasteiger partial charge in [-0.1, -0.05) is 17.7 Å². The third-order valence-corrected chi connectivity index (χ3v) is 2.85. The largest absolute Gasteiger partial charge is 0.294 e. The Hall–Kier alpha value is -1.67. The Morgan fingerprint density at radius 2 is 1.94 bits per heavy atom. The molecule has 0 unspecified atom stereocenters.